The van der Waals surface area contributed by atoms with Crippen molar-refractivity contribution in [1.29, 1.82) is 0 Å². The number of ether oxygens (including phenoxy) is 1. The maximum absolute atomic E-state index is 8.74. The molecule has 39 heavy (non-hydrogen) atoms. The Labute approximate surface area is 261 Å². The molecule has 0 spiro atoms. The maximum atomic E-state index is 8.74. The second-order valence-electron chi connectivity index (χ2n) is 9.51. The van der Waals surface area contributed by atoms with Crippen LogP contribution < -0.4 is 4.74 Å². The molecule has 0 saturated heterocycles. The molecular weight excluding hydrogens is 519 g/mol. The van der Waals surface area contributed by atoms with Crippen LogP contribution in [0.4, 0.5) is 0 Å². The fourth-order valence-electron chi connectivity index (χ4n) is 4.28. The van der Waals surface area contributed by atoms with Crippen LogP contribution in [-0.4, -0.2) is 47.1 Å². The molecule has 0 fully saturated rings. The van der Waals surface area contributed by atoms with E-state index >= 15 is 0 Å². The third kappa shape index (κ3) is 24.4. The molecule has 0 aliphatic carbocycles. The van der Waals surface area contributed by atoms with Crippen molar-refractivity contribution in [3.8, 4) is 11.5 Å². The molecule has 2 N–H and O–H groups in total. The van der Waals surface area contributed by atoms with Crippen LogP contribution in [0.25, 0.3) is 0 Å². The third-order valence-electron chi connectivity index (χ3n) is 6.26. The zero-order chi connectivity index (χ0) is 28.5. The minimum absolute atomic E-state index is 0. The predicted molar refractivity (Wildman–Crippen MR) is 169 cm³/mol. The van der Waals surface area contributed by atoms with Gasteiger partial charge in [-0.25, -0.2) is 0 Å². The normalized spacial score (nSPS) is 10.4. The minimum atomic E-state index is -4.67. The number of para-hydroxylation sites is 2. The van der Waals surface area contributed by atoms with Crippen molar-refractivity contribution in [3.63, 3.8) is 0 Å². The Bertz CT molecular complexity index is 866. The van der Waals surface area contributed by atoms with Gasteiger partial charge in [-0.2, -0.15) is 8.42 Å². The van der Waals surface area contributed by atoms with Gasteiger partial charge in [-0.3, -0.25) is 9.11 Å². The van der Waals surface area contributed by atoms with Crippen LogP contribution in [0.1, 0.15) is 115 Å². The summed E-state index contributed by atoms with van der Waals surface area (Å²) >= 11 is 0. The molecule has 0 radical (unpaired) electrons. The number of rotatable bonds is 18. The molecule has 0 atom stereocenters. The van der Waals surface area contributed by atoms with E-state index in [1.807, 2.05) is 0 Å². The first-order valence-corrected chi connectivity index (χ1v) is 15.8. The van der Waals surface area contributed by atoms with Crippen LogP contribution in [-0.2, 0) is 23.2 Å². The molecular formula is C32H53NaO5S. The monoisotopic (exact) mass is 572 g/mol. The standard InChI is InChI=1S/C30H46O.C2H4.Na.H2O4S.H/c1-3-5-7-9-11-13-15-21-27-23-17-19-25-29(27)31-30-26-20-18-24-28(30)22-16-14-12-10-8-6-4-2;1-2;;1-5(2,3)4;/h17-20,23-26H,3-16,21-22H2,1-2H3;1-2H2;;(H2,1,2,3,4);. The average molecular weight is 573 g/mol. The Kier molecular flexibility index (Phi) is 27.7. The van der Waals surface area contributed by atoms with E-state index in [2.05, 4.69) is 75.5 Å². The summed E-state index contributed by atoms with van der Waals surface area (Å²) in [5.74, 6) is 2.08. The van der Waals surface area contributed by atoms with Gasteiger partial charge in [0.1, 0.15) is 11.5 Å². The molecule has 2 rings (SSSR count). The fraction of sp³-hybridized carbons (Fsp3) is 0.562. The van der Waals surface area contributed by atoms with Gasteiger partial charge >= 0.3 is 40.0 Å². The summed E-state index contributed by atoms with van der Waals surface area (Å²) in [5, 5.41) is 0. The Morgan fingerprint density at radius 2 is 0.872 bits per heavy atom. The van der Waals surface area contributed by atoms with Crippen LogP contribution in [0, 0.1) is 0 Å². The van der Waals surface area contributed by atoms with Gasteiger partial charge in [0.05, 0.1) is 0 Å². The number of hydrogen-bond acceptors (Lipinski definition) is 3. The van der Waals surface area contributed by atoms with E-state index in [4.69, 9.17) is 22.3 Å². The average Bonchev–Trinajstić information content (AvgIpc) is 2.89. The summed E-state index contributed by atoms with van der Waals surface area (Å²) in [7, 11) is -4.67. The van der Waals surface area contributed by atoms with Gasteiger partial charge < -0.3 is 4.74 Å². The molecule has 0 aliphatic heterocycles. The Balaban J connectivity index is 0. The molecule has 0 heterocycles. The summed E-state index contributed by atoms with van der Waals surface area (Å²) in [4.78, 5) is 0. The van der Waals surface area contributed by atoms with E-state index in [1.54, 1.807) is 0 Å². The number of aryl methyl sites for hydroxylation is 2. The van der Waals surface area contributed by atoms with E-state index in [0.717, 1.165) is 24.3 Å². The van der Waals surface area contributed by atoms with Crippen LogP contribution in [0.3, 0.4) is 0 Å². The van der Waals surface area contributed by atoms with Gasteiger partial charge in [0, 0.05) is 0 Å². The summed E-state index contributed by atoms with van der Waals surface area (Å²) in [6.45, 7) is 10.6. The van der Waals surface area contributed by atoms with E-state index in [1.165, 1.54) is 101 Å². The van der Waals surface area contributed by atoms with Crippen molar-refractivity contribution >= 4 is 40.0 Å². The molecule has 218 valence electrons. The third-order valence-corrected chi connectivity index (χ3v) is 6.26. The van der Waals surface area contributed by atoms with Crippen LogP contribution in [0.5, 0.6) is 11.5 Å². The fourth-order valence-corrected chi connectivity index (χ4v) is 4.28. The van der Waals surface area contributed by atoms with Gasteiger partial charge in [0.15, 0.2) is 0 Å². The molecule has 7 heteroatoms. The molecule has 0 bridgehead atoms. The van der Waals surface area contributed by atoms with Gasteiger partial charge in [0.2, 0.25) is 0 Å². The first-order valence-electron chi connectivity index (χ1n) is 14.4. The summed E-state index contributed by atoms with van der Waals surface area (Å²) in [5.41, 5.74) is 2.70. The molecule has 0 aliphatic rings. The van der Waals surface area contributed by atoms with Gasteiger partial charge in [0.25, 0.3) is 0 Å². The first kappa shape index (κ1) is 40.0. The van der Waals surface area contributed by atoms with Crippen molar-refractivity contribution < 1.29 is 22.3 Å². The second-order valence-corrected chi connectivity index (χ2v) is 10.4. The Morgan fingerprint density at radius 3 is 1.21 bits per heavy atom. The van der Waals surface area contributed by atoms with E-state index in [9.17, 15) is 0 Å². The van der Waals surface area contributed by atoms with Gasteiger partial charge in [-0.1, -0.05) is 127 Å². The summed E-state index contributed by atoms with van der Waals surface area (Å²) in [6, 6.07) is 17.3. The molecule has 0 unspecified atom stereocenters. The number of benzene rings is 2. The van der Waals surface area contributed by atoms with E-state index in [-0.39, 0.29) is 29.6 Å². The van der Waals surface area contributed by atoms with Gasteiger partial charge in [-0.15, -0.1) is 13.2 Å². The molecule has 0 amide bonds. The topological polar surface area (TPSA) is 83.8 Å². The Morgan fingerprint density at radius 1 is 0.590 bits per heavy atom. The summed E-state index contributed by atoms with van der Waals surface area (Å²) < 4.78 is 38.0. The van der Waals surface area contributed by atoms with E-state index in [0.29, 0.717) is 0 Å². The first-order chi connectivity index (χ1) is 18.3. The number of hydrogen-bond donors (Lipinski definition) is 2. The molecule has 2 aromatic carbocycles. The van der Waals surface area contributed by atoms with Crippen molar-refractivity contribution in [3.05, 3.63) is 72.8 Å². The van der Waals surface area contributed by atoms with Crippen LogP contribution in [0.2, 0.25) is 0 Å². The van der Waals surface area contributed by atoms with Crippen LogP contribution in [0.15, 0.2) is 61.7 Å². The van der Waals surface area contributed by atoms with Crippen molar-refractivity contribution in [2.24, 2.45) is 0 Å². The van der Waals surface area contributed by atoms with Crippen molar-refractivity contribution in [2.75, 3.05) is 0 Å². The molecule has 0 saturated carbocycles. The molecule has 5 nitrogen and oxygen atoms in total. The number of unbranched alkanes of at least 4 members (excludes halogenated alkanes) is 12. The van der Waals surface area contributed by atoms with Crippen molar-refractivity contribution in [1.82, 2.24) is 0 Å². The predicted octanol–water partition coefficient (Wildman–Crippen LogP) is 9.57. The Hall–Kier alpha value is -1.15. The van der Waals surface area contributed by atoms with Crippen molar-refractivity contribution in [2.45, 2.75) is 117 Å². The second kappa shape index (κ2) is 27.0. The quantitative estimate of drug-likeness (QED) is 0.0804. The SMILES string of the molecule is C=C.CCCCCCCCCc1ccccc1Oc1ccccc1CCCCCCCCC.O=S(=O)(O)O.[NaH]. The molecule has 0 aromatic heterocycles. The zero-order valence-electron chi connectivity index (χ0n) is 23.9. The van der Waals surface area contributed by atoms with Crippen LogP contribution >= 0.6 is 0 Å². The zero-order valence-corrected chi connectivity index (χ0v) is 24.7. The van der Waals surface area contributed by atoms with Gasteiger partial charge in [-0.05, 0) is 48.9 Å². The molecule has 2 aromatic rings. The van der Waals surface area contributed by atoms with E-state index < -0.39 is 10.4 Å². The summed E-state index contributed by atoms with van der Waals surface area (Å²) in [6.07, 6.45) is 21.1.